The summed E-state index contributed by atoms with van der Waals surface area (Å²) in [7, 11) is 3.06. The number of methoxy groups -OCH3 is 2. The second-order valence-corrected chi connectivity index (χ2v) is 9.65. The number of aromatic nitrogens is 4. The number of hydrogen-bond donors (Lipinski definition) is 1. The van der Waals surface area contributed by atoms with Gasteiger partial charge in [-0.2, -0.15) is 4.80 Å². The lowest BCUT2D eigenvalue weighted by molar-refractivity contribution is -0.142. The van der Waals surface area contributed by atoms with Crippen molar-refractivity contribution in [1.29, 1.82) is 0 Å². The van der Waals surface area contributed by atoms with Crippen molar-refractivity contribution < 1.29 is 32.6 Å². The summed E-state index contributed by atoms with van der Waals surface area (Å²) in [5, 5.41) is 15.4. The van der Waals surface area contributed by atoms with Crippen LogP contribution in [0.4, 0.5) is 4.39 Å². The number of benzene rings is 2. The minimum absolute atomic E-state index is 0.0293. The van der Waals surface area contributed by atoms with Crippen molar-refractivity contribution in [2.75, 3.05) is 27.4 Å². The summed E-state index contributed by atoms with van der Waals surface area (Å²) in [6.07, 6.45) is 3.13. The molecule has 220 valence electrons. The van der Waals surface area contributed by atoms with Crippen LogP contribution in [0.1, 0.15) is 30.2 Å². The van der Waals surface area contributed by atoms with E-state index in [1.54, 1.807) is 30.3 Å². The second-order valence-electron chi connectivity index (χ2n) is 9.65. The molecule has 0 spiro atoms. The predicted molar refractivity (Wildman–Crippen MR) is 147 cm³/mol. The van der Waals surface area contributed by atoms with E-state index in [-0.39, 0.29) is 25.0 Å². The fourth-order valence-corrected chi connectivity index (χ4v) is 4.74. The predicted octanol–water partition coefficient (Wildman–Crippen LogP) is 3.15. The van der Waals surface area contributed by atoms with Crippen molar-refractivity contribution in [3.8, 4) is 22.9 Å². The van der Waals surface area contributed by atoms with Gasteiger partial charge in [0.15, 0.2) is 11.5 Å². The van der Waals surface area contributed by atoms with E-state index in [0.717, 1.165) is 17.6 Å². The molecule has 0 bridgehead atoms. The first-order valence-corrected chi connectivity index (χ1v) is 13.4. The quantitative estimate of drug-likeness (QED) is 0.269. The molecule has 0 radical (unpaired) electrons. The fraction of sp³-hybridized carbons (Fsp3) is 0.345. The zero-order valence-corrected chi connectivity index (χ0v) is 23.2. The highest BCUT2D eigenvalue weighted by Gasteiger charge is 2.33. The first-order chi connectivity index (χ1) is 20.4. The summed E-state index contributed by atoms with van der Waals surface area (Å²) < 4.78 is 35.6. The average molecular weight is 579 g/mol. The van der Waals surface area contributed by atoms with Crippen molar-refractivity contribution >= 4 is 11.8 Å². The third kappa shape index (κ3) is 6.74. The molecular weight excluding hydrogens is 547 g/mol. The number of nitrogens with zero attached hydrogens (tertiary/aromatic N) is 5. The zero-order valence-electron chi connectivity index (χ0n) is 23.2. The van der Waals surface area contributed by atoms with Crippen molar-refractivity contribution in [2.45, 2.75) is 38.1 Å². The van der Waals surface area contributed by atoms with E-state index in [0.29, 0.717) is 41.5 Å². The molecule has 1 aliphatic rings. The van der Waals surface area contributed by atoms with Crippen LogP contribution >= 0.6 is 0 Å². The van der Waals surface area contributed by atoms with E-state index in [9.17, 15) is 14.0 Å². The molecular formula is C29H31FN6O6. The highest BCUT2D eigenvalue weighted by atomic mass is 19.1. The number of halogens is 1. The van der Waals surface area contributed by atoms with Gasteiger partial charge in [-0.05, 0) is 66.1 Å². The van der Waals surface area contributed by atoms with Crippen molar-refractivity contribution in [3.05, 3.63) is 78.0 Å². The van der Waals surface area contributed by atoms with Crippen LogP contribution in [0.2, 0.25) is 0 Å². The summed E-state index contributed by atoms with van der Waals surface area (Å²) in [5.41, 5.74) is 1.04. The molecule has 2 aromatic carbocycles. The Bertz CT molecular complexity index is 1490. The molecule has 0 unspecified atom stereocenters. The van der Waals surface area contributed by atoms with E-state index in [1.807, 2.05) is 0 Å². The minimum atomic E-state index is -1.10. The molecule has 5 rings (SSSR count). The van der Waals surface area contributed by atoms with Gasteiger partial charge >= 0.3 is 0 Å². The highest BCUT2D eigenvalue weighted by molar-refractivity contribution is 5.88. The lowest BCUT2D eigenvalue weighted by atomic mass is 10.0. The summed E-state index contributed by atoms with van der Waals surface area (Å²) >= 11 is 0. The molecule has 2 amide bonds. The molecule has 2 aromatic heterocycles. The maximum atomic E-state index is 13.9. The Morgan fingerprint density at radius 3 is 2.64 bits per heavy atom. The van der Waals surface area contributed by atoms with Crippen molar-refractivity contribution in [2.24, 2.45) is 0 Å². The first kappa shape index (κ1) is 28.7. The molecule has 1 saturated heterocycles. The molecule has 42 heavy (non-hydrogen) atoms. The average Bonchev–Trinajstić information content (AvgIpc) is 3.80. The minimum Gasteiger partial charge on any atom is -0.493 e. The molecule has 3 heterocycles. The Hall–Kier alpha value is -4.78. The van der Waals surface area contributed by atoms with Gasteiger partial charge in [-0.25, -0.2) is 4.39 Å². The summed E-state index contributed by atoms with van der Waals surface area (Å²) in [6, 6.07) is 12.9. The smallest absolute Gasteiger partial charge is 0.247 e. The summed E-state index contributed by atoms with van der Waals surface area (Å²) in [4.78, 5) is 30.0. The maximum Gasteiger partial charge on any atom is 0.247 e. The number of hydrogen-bond acceptors (Lipinski definition) is 9. The number of rotatable bonds is 12. The van der Waals surface area contributed by atoms with Crippen molar-refractivity contribution in [3.63, 3.8) is 0 Å². The Morgan fingerprint density at radius 2 is 1.95 bits per heavy atom. The SMILES string of the molecule is COc1ccc(-c2nnn(CC(=O)N(Cc3ccco3)[C@H](C(=O)NC[C@H]3CCCO3)c3ccc(F)cc3)n2)cc1OC. The van der Waals surface area contributed by atoms with E-state index in [1.165, 1.54) is 49.6 Å². The van der Waals surface area contributed by atoms with Crippen LogP contribution in [0.25, 0.3) is 11.4 Å². The van der Waals surface area contributed by atoms with Crippen LogP contribution in [0.5, 0.6) is 11.5 Å². The molecule has 1 N–H and O–H groups in total. The van der Waals surface area contributed by atoms with Crippen LogP contribution in [0.3, 0.4) is 0 Å². The monoisotopic (exact) mass is 578 g/mol. The third-order valence-electron chi connectivity index (χ3n) is 6.87. The molecule has 12 nitrogen and oxygen atoms in total. The van der Waals surface area contributed by atoms with Gasteiger partial charge in [0.25, 0.3) is 0 Å². The summed E-state index contributed by atoms with van der Waals surface area (Å²) in [6.45, 7) is 0.579. The van der Waals surface area contributed by atoms with Crippen LogP contribution in [-0.2, 0) is 27.4 Å². The van der Waals surface area contributed by atoms with Gasteiger partial charge in [-0.1, -0.05) is 12.1 Å². The molecule has 0 saturated carbocycles. The second kappa shape index (κ2) is 13.3. The zero-order chi connectivity index (χ0) is 29.5. The van der Waals surface area contributed by atoms with E-state index < -0.39 is 23.7 Å². The molecule has 0 aliphatic carbocycles. The van der Waals surface area contributed by atoms with Gasteiger partial charge in [0.05, 0.1) is 33.1 Å². The van der Waals surface area contributed by atoms with Crippen LogP contribution in [0.15, 0.2) is 65.3 Å². The lowest BCUT2D eigenvalue weighted by Crippen LogP contribution is -2.46. The lowest BCUT2D eigenvalue weighted by Gasteiger charge is -2.31. The van der Waals surface area contributed by atoms with E-state index >= 15 is 0 Å². The number of carbonyl (C=O) groups excluding carboxylic acids is 2. The number of furan rings is 1. The fourth-order valence-electron chi connectivity index (χ4n) is 4.74. The molecule has 2 atom stereocenters. The van der Waals surface area contributed by atoms with E-state index in [4.69, 9.17) is 18.6 Å². The number of amides is 2. The van der Waals surface area contributed by atoms with Gasteiger partial charge in [0, 0.05) is 18.7 Å². The molecule has 1 aliphatic heterocycles. The van der Waals surface area contributed by atoms with Gasteiger partial charge in [-0.15, -0.1) is 10.2 Å². The van der Waals surface area contributed by atoms with Gasteiger partial charge in [0.1, 0.15) is 24.2 Å². The number of ether oxygens (including phenoxy) is 3. The Balaban J connectivity index is 1.41. The van der Waals surface area contributed by atoms with Crippen LogP contribution in [-0.4, -0.2) is 70.4 Å². The summed E-state index contributed by atoms with van der Waals surface area (Å²) in [5.74, 6) is 0.380. The number of tetrazole rings is 1. The highest BCUT2D eigenvalue weighted by Crippen LogP contribution is 2.31. The van der Waals surface area contributed by atoms with Gasteiger partial charge in [0.2, 0.25) is 17.6 Å². The van der Waals surface area contributed by atoms with Crippen LogP contribution in [0, 0.1) is 5.82 Å². The van der Waals surface area contributed by atoms with E-state index in [2.05, 4.69) is 20.7 Å². The standard InChI is InChI=1S/C29H31FN6O6/c1-39-24-12-9-20(15-25(24)40-2)28-32-34-36(33-28)18-26(37)35(17-23-6-4-14-42-23)27(19-7-10-21(30)11-8-19)29(38)31-16-22-5-3-13-41-22/h4,6-12,14-15,22,27H,3,5,13,16-18H2,1-2H3,(H,31,38)/t22-,27+/m1/s1. The number of carbonyl (C=O) groups is 2. The molecule has 1 fully saturated rings. The largest absolute Gasteiger partial charge is 0.493 e. The normalized spacial score (nSPS) is 15.3. The number of nitrogens with one attached hydrogen (secondary N) is 1. The first-order valence-electron chi connectivity index (χ1n) is 13.4. The van der Waals surface area contributed by atoms with Gasteiger partial charge in [-0.3, -0.25) is 9.59 Å². The third-order valence-corrected chi connectivity index (χ3v) is 6.87. The topological polar surface area (TPSA) is 134 Å². The molecule has 13 heteroatoms. The Labute approximate surface area is 241 Å². The Kier molecular flexibility index (Phi) is 9.07. The Morgan fingerprint density at radius 1 is 1.14 bits per heavy atom. The molecule has 4 aromatic rings. The van der Waals surface area contributed by atoms with Crippen LogP contribution < -0.4 is 14.8 Å². The van der Waals surface area contributed by atoms with Crippen molar-refractivity contribution in [1.82, 2.24) is 30.4 Å². The van der Waals surface area contributed by atoms with Gasteiger partial charge < -0.3 is 28.8 Å². The maximum absolute atomic E-state index is 13.9.